The summed E-state index contributed by atoms with van der Waals surface area (Å²) in [6.45, 7) is 4.20. The van der Waals surface area contributed by atoms with Crippen LogP contribution in [0.25, 0.3) is 5.57 Å². The zero-order chi connectivity index (χ0) is 24.2. The lowest BCUT2D eigenvalue weighted by Crippen LogP contribution is -2.35. The fourth-order valence-corrected chi connectivity index (χ4v) is 4.56. The van der Waals surface area contributed by atoms with Gasteiger partial charge in [0.25, 0.3) is 5.91 Å². The van der Waals surface area contributed by atoms with Crippen molar-refractivity contribution in [2.75, 3.05) is 65.4 Å². The van der Waals surface area contributed by atoms with Crippen molar-refractivity contribution >= 4 is 23.0 Å². The summed E-state index contributed by atoms with van der Waals surface area (Å²) >= 11 is 0. The van der Waals surface area contributed by atoms with Gasteiger partial charge in [-0.05, 0) is 37.7 Å². The number of anilines is 2. The van der Waals surface area contributed by atoms with Crippen LogP contribution in [-0.4, -0.2) is 91.9 Å². The number of hydrogen-bond acceptors (Lipinski definition) is 9. The minimum Gasteiger partial charge on any atom is -0.486 e. The van der Waals surface area contributed by atoms with Crippen LogP contribution >= 0.6 is 0 Å². The number of rotatable bonds is 2. The number of nitrogens with one attached hydrogen (secondary N) is 1. The topological polar surface area (TPSA) is 101 Å². The maximum Gasteiger partial charge on any atom is 0.260 e. The van der Waals surface area contributed by atoms with Crippen molar-refractivity contribution in [1.29, 1.82) is 0 Å². The van der Waals surface area contributed by atoms with E-state index in [0.29, 0.717) is 49.1 Å². The van der Waals surface area contributed by atoms with E-state index in [0.717, 1.165) is 43.3 Å². The molecule has 1 amide bonds. The molecule has 0 spiro atoms. The van der Waals surface area contributed by atoms with E-state index in [2.05, 4.69) is 32.2 Å². The predicted molar refractivity (Wildman–Crippen MR) is 131 cm³/mol. The van der Waals surface area contributed by atoms with Crippen LogP contribution in [-0.2, 0) is 9.53 Å². The third kappa shape index (κ3) is 5.54. The lowest BCUT2D eigenvalue weighted by atomic mass is 10.1. The zero-order valence-corrected chi connectivity index (χ0v) is 20.3. The van der Waals surface area contributed by atoms with Crippen LogP contribution in [0.5, 0.6) is 11.5 Å². The van der Waals surface area contributed by atoms with Crippen molar-refractivity contribution in [1.82, 2.24) is 19.8 Å². The van der Waals surface area contributed by atoms with Crippen LogP contribution in [0, 0.1) is 0 Å². The number of benzene rings is 1. The molecule has 1 aromatic heterocycles. The van der Waals surface area contributed by atoms with Crippen LogP contribution in [0.1, 0.15) is 19.3 Å². The van der Waals surface area contributed by atoms with Gasteiger partial charge in [-0.3, -0.25) is 9.79 Å². The van der Waals surface area contributed by atoms with Crippen molar-refractivity contribution < 1.29 is 19.0 Å². The maximum atomic E-state index is 12.7. The Balaban J connectivity index is 1.50. The third-order valence-corrected chi connectivity index (χ3v) is 6.54. The highest BCUT2D eigenvalue weighted by molar-refractivity contribution is 5.77. The number of nitrogens with zero attached hydrogens (tertiary/aromatic N) is 5. The smallest absolute Gasteiger partial charge is 0.260 e. The summed E-state index contributed by atoms with van der Waals surface area (Å²) in [5.41, 5.74) is 2.68. The summed E-state index contributed by atoms with van der Waals surface area (Å²) in [6.07, 6.45) is 4.10. The molecule has 2 aromatic rings. The number of ether oxygens (including phenoxy) is 3. The molecular formula is C25H32N6O4. The fourth-order valence-electron chi connectivity index (χ4n) is 4.56. The van der Waals surface area contributed by atoms with Crippen LogP contribution < -0.4 is 25.5 Å². The van der Waals surface area contributed by atoms with Crippen LogP contribution in [0.15, 0.2) is 29.5 Å². The highest BCUT2D eigenvalue weighted by atomic mass is 16.5. The number of carbonyl (C=O) groups excluding carboxylic acids is 1. The molecular weight excluding hydrogens is 448 g/mol. The van der Waals surface area contributed by atoms with E-state index in [1.54, 1.807) is 4.90 Å². The molecule has 0 radical (unpaired) electrons. The summed E-state index contributed by atoms with van der Waals surface area (Å²) in [5.74, 6) is 1.79. The predicted octanol–water partition coefficient (Wildman–Crippen LogP) is 0.735. The Hall–Kier alpha value is -3.24. The molecule has 35 heavy (non-hydrogen) atoms. The Morgan fingerprint density at radius 1 is 1.14 bits per heavy atom. The van der Waals surface area contributed by atoms with E-state index in [-0.39, 0.29) is 18.6 Å². The molecule has 186 valence electrons. The lowest BCUT2D eigenvalue weighted by molar-refractivity contribution is -0.132. The van der Waals surface area contributed by atoms with Gasteiger partial charge in [0.15, 0.2) is 23.6 Å². The van der Waals surface area contributed by atoms with Gasteiger partial charge < -0.3 is 29.3 Å². The summed E-state index contributed by atoms with van der Waals surface area (Å²) in [7, 11) is 3.90. The molecule has 0 atom stereocenters. The summed E-state index contributed by atoms with van der Waals surface area (Å²) in [6, 6.07) is 5.68. The quantitative estimate of drug-likeness (QED) is 0.672. The van der Waals surface area contributed by atoms with Gasteiger partial charge in [0.1, 0.15) is 18.2 Å². The van der Waals surface area contributed by atoms with E-state index in [4.69, 9.17) is 14.2 Å². The summed E-state index contributed by atoms with van der Waals surface area (Å²) in [4.78, 5) is 30.2. The Kier molecular flexibility index (Phi) is 7.10. The standard InChI is InChI=1S/C25H32N6O4/c1-30-8-3-9-31(2)22(32)15-34-21-12-18(4-5-20(21)35-19-6-10-33-11-7-19)29-25-23-17(14-30)13-26-24(23)27-16-28-25/h4-5,12,16,19H,3,6-11,13-15H2,1-2H3,(H,26,27,28,29). The van der Waals surface area contributed by atoms with Crippen molar-refractivity contribution in [2.24, 2.45) is 4.99 Å². The normalized spacial score (nSPS) is 20.0. The van der Waals surface area contributed by atoms with Crippen LogP contribution in [0.4, 0.5) is 11.5 Å². The molecule has 1 saturated heterocycles. The molecule has 0 saturated carbocycles. The van der Waals surface area contributed by atoms with Crippen LogP contribution in [0.3, 0.4) is 0 Å². The minimum atomic E-state index is -0.0678. The molecule has 4 heterocycles. The number of carbonyl (C=O) groups is 1. The minimum absolute atomic E-state index is 0.0559. The zero-order valence-electron chi connectivity index (χ0n) is 20.3. The van der Waals surface area contributed by atoms with Crippen LogP contribution in [0.2, 0.25) is 0 Å². The molecule has 1 aromatic carbocycles. The van der Waals surface area contributed by atoms with Gasteiger partial charge in [0.2, 0.25) is 0 Å². The van der Waals surface area contributed by atoms with Gasteiger partial charge in [-0.1, -0.05) is 0 Å². The Labute approximate surface area is 204 Å². The van der Waals surface area contributed by atoms with E-state index in [1.165, 1.54) is 11.9 Å². The average Bonchev–Trinajstić information content (AvgIpc) is 3.27. The van der Waals surface area contributed by atoms with Crippen molar-refractivity contribution in [3.05, 3.63) is 35.2 Å². The number of fused-ring (bicyclic) bond motifs is 2. The Morgan fingerprint density at radius 3 is 2.86 bits per heavy atom. The number of hydrogen-bond donors (Lipinski definition) is 1. The second-order valence-electron chi connectivity index (χ2n) is 9.25. The molecule has 3 aliphatic rings. The molecule has 1 fully saturated rings. The highest BCUT2D eigenvalue weighted by Crippen LogP contribution is 2.33. The van der Waals surface area contributed by atoms with E-state index in [9.17, 15) is 4.79 Å². The van der Waals surface area contributed by atoms with Gasteiger partial charge in [-0.2, -0.15) is 0 Å². The second-order valence-corrected chi connectivity index (χ2v) is 9.25. The largest absolute Gasteiger partial charge is 0.486 e. The average molecular weight is 481 g/mol. The van der Waals surface area contributed by atoms with Crippen molar-refractivity contribution in [3.8, 4) is 11.5 Å². The second kappa shape index (κ2) is 10.6. The SMILES string of the molecule is CN1CCCN(C)C(=O)COc2cc(ccc2OC2CCOCC2)Nc2ncnc3c2=C(CN=3)C1. The van der Waals surface area contributed by atoms with Gasteiger partial charge in [-0.15, -0.1) is 0 Å². The molecule has 10 nitrogen and oxygen atoms in total. The van der Waals surface area contributed by atoms with Gasteiger partial charge in [-0.25, -0.2) is 9.97 Å². The molecule has 1 N–H and O–H groups in total. The molecule has 0 aliphatic carbocycles. The highest BCUT2D eigenvalue weighted by Gasteiger charge is 2.20. The third-order valence-electron chi connectivity index (χ3n) is 6.54. The van der Waals surface area contributed by atoms with Gasteiger partial charge in [0.05, 0.1) is 25.0 Å². The Bertz CT molecular complexity index is 1200. The first-order chi connectivity index (χ1) is 17.1. The molecule has 10 heteroatoms. The summed E-state index contributed by atoms with van der Waals surface area (Å²) in [5, 5.41) is 4.38. The monoisotopic (exact) mass is 480 g/mol. The number of amides is 1. The van der Waals surface area contributed by atoms with Crippen molar-refractivity contribution in [3.63, 3.8) is 0 Å². The lowest BCUT2D eigenvalue weighted by Gasteiger charge is -2.25. The molecule has 5 rings (SSSR count). The summed E-state index contributed by atoms with van der Waals surface area (Å²) < 4.78 is 17.7. The molecule has 0 unspecified atom stereocenters. The maximum absolute atomic E-state index is 12.7. The number of likely N-dealkylation sites (N-methyl/N-ethyl adjacent to an activating group) is 1. The van der Waals surface area contributed by atoms with Crippen molar-refractivity contribution in [2.45, 2.75) is 25.4 Å². The van der Waals surface area contributed by atoms with E-state index < -0.39 is 0 Å². The first kappa shape index (κ1) is 23.5. The molecule has 2 bridgehead atoms. The molecule has 3 aliphatic heterocycles. The first-order valence-corrected chi connectivity index (χ1v) is 12.1. The van der Waals surface area contributed by atoms with Gasteiger partial charge in [0, 0.05) is 44.7 Å². The Morgan fingerprint density at radius 2 is 2.00 bits per heavy atom. The van der Waals surface area contributed by atoms with Gasteiger partial charge >= 0.3 is 0 Å². The van der Waals surface area contributed by atoms with E-state index in [1.807, 2.05) is 25.2 Å². The van der Waals surface area contributed by atoms with E-state index >= 15 is 0 Å². The first-order valence-electron chi connectivity index (χ1n) is 12.1. The number of aromatic nitrogens is 2. The fraction of sp³-hybridized carbons (Fsp3) is 0.520.